The van der Waals surface area contributed by atoms with Gasteiger partial charge in [0, 0.05) is 12.3 Å². The predicted molar refractivity (Wildman–Crippen MR) is 111 cm³/mol. The largest absolute Gasteiger partial charge is 0.460 e. The van der Waals surface area contributed by atoms with E-state index in [1.54, 1.807) is 0 Å². The summed E-state index contributed by atoms with van der Waals surface area (Å²) in [4.78, 5) is 37.7. The van der Waals surface area contributed by atoms with Crippen molar-refractivity contribution in [2.75, 3.05) is 6.61 Å². The molecular weight excluding hydrogens is 457 g/mol. The number of nitrogens with one attached hydrogen (secondary N) is 2. The number of esters is 1. The van der Waals surface area contributed by atoms with Crippen molar-refractivity contribution in [1.82, 2.24) is 14.6 Å². The Labute approximate surface area is 187 Å². The van der Waals surface area contributed by atoms with Gasteiger partial charge >= 0.3 is 19.4 Å². The summed E-state index contributed by atoms with van der Waals surface area (Å²) in [5, 5.41) is 13.4. The van der Waals surface area contributed by atoms with Crippen molar-refractivity contribution in [3.8, 4) is 0 Å². The standard InChI is InChI=1S/C20H22N3O9P/c1-11(18(26)29-9-12-5-3-2-4-6-12)22-33(28)30-10-20-14(25)17(31-15(20)16(20)32-33)23-8-7-13(24)21-19(23)27/h2-8,11,14-17,25H,9-10H2,1H3,(H,22,28)(H,21,24,27). The number of aromatic nitrogens is 2. The first-order valence-electron chi connectivity index (χ1n) is 10.3. The lowest BCUT2D eigenvalue weighted by Crippen LogP contribution is -2.43. The first-order valence-corrected chi connectivity index (χ1v) is 11.8. The molecule has 13 heteroatoms. The second-order valence-corrected chi connectivity index (χ2v) is 9.99. The van der Waals surface area contributed by atoms with Crippen LogP contribution in [0.15, 0.2) is 52.2 Å². The molecule has 33 heavy (non-hydrogen) atoms. The van der Waals surface area contributed by atoms with Crippen molar-refractivity contribution in [2.24, 2.45) is 5.41 Å². The van der Waals surface area contributed by atoms with Crippen LogP contribution in [0.3, 0.4) is 0 Å². The van der Waals surface area contributed by atoms with Crippen molar-refractivity contribution in [2.45, 2.75) is 44.1 Å². The maximum atomic E-state index is 13.0. The molecule has 0 bridgehead atoms. The van der Waals surface area contributed by atoms with Crippen molar-refractivity contribution < 1.29 is 33.0 Å². The minimum absolute atomic E-state index is 0.0665. The van der Waals surface area contributed by atoms with Gasteiger partial charge in [0.05, 0.1) is 12.0 Å². The lowest BCUT2D eigenvalue weighted by atomic mass is 9.99. The van der Waals surface area contributed by atoms with Crippen LogP contribution in [0.5, 0.6) is 0 Å². The summed E-state index contributed by atoms with van der Waals surface area (Å²) in [6, 6.07) is 9.28. The molecule has 2 saturated heterocycles. The zero-order chi connectivity index (χ0) is 23.4. The maximum Gasteiger partial charge on any atom is 0.406 e. The van der Waals surface area contributed by atoms with E-state index < -0.39 is 61.0 Å². The molecule has 1 saturated carbocycles. The molecule has 7 atom stereocenters. The SMILES string of the molecule is CC(NP1(=O)OCC23C(O)C(n4ccc(=O)[nH]c4=O)OC2C3O1)C(=O)OCc1ccccc1. The van der Waals surface area contributed by atoms with E-state index in [0.29, 0.717) is 0 Å². The highest BCUT2D eigenvalue weighted by Gasteiger charge is 2.81. The van der Waals surface area contributed by atoms with E-state index >= 15 is 0 Å². The highest BCUT2D eigenvalue weighted by Crippen LogP contribution is 2.70. The van der Waals surface area contributed by atoms with Crippen LogP contribution in [0.4, 0.5) is 0 Å². The Morgan fingerprint density at radius 2 is 2.09 bits per heavy atom. The van der Waals surface area contributed by atoms with Crippen molar-refractivity contribution in [3.63, 3.8) is 0 Å². The molecule has 2 aromatic rings. The molecule has 1 spiro atoms. The van der Waals surface area contributed by atoms with E-state index in [0.717, 1.165) is 16.2 Å². The van der Waals surface area contributed by atoms with Gasteiger partial charge in [-0.3, -0.25) is 28.2 Å². The van der Waals surface area contributed by atoms with Crippen LogP contribution >= 0.6 is 7.75 Å². The molecule has 2 aliphatic heterocycles. The summed E-state index contributed by atoms with van der Waals surface area (Å²) in [5.74, 6) is -0.633. The Balaban J connectivity index is 1.20. The van der Waals surface area contributed by atoms with Crippen molar-refractivity contribution in [3.05, 3.63) is 69.0 Å². The van der Waals surface area contributed by atoms with Crippen LogP contribution in [0.25, 0.3) is 0 Å². The van der Waals surface area contributed by atoms with E-state index in [-0.39, 0.29) is 13.2 Å². The molecule has 3 heterocycles. The highest BCUT2D eigenvalue weighted by molar-refractivity contribution is 7.51. The normalized spacial score (nSPS) is 35.3. The maximum absolute atomic E-state index is 13.0. The Bertz CT molecular complexity index is 1230. The molecule has 5 rings (SSSR count). The Hall–Kier alpha value is -2.60. The fraction of sp³-hybridized carbons (Fsp3) is 0.450. The van der Waals surface area contributed by atoms with E-state index in [2.05, 4.69) is 10.1 Å². The van der Waals surface area contributed by atoms with Gasteiger partial charge in [0.15, 0.2) is 6.23 Å². The van der Waals surface area contributed by atoms with Gasteiger partial charge in [-0.2, -0.15) is 0 Å². The van der Waals surface area contributed by atoms with Gasteiger partial charge in [-0.1, -0.05) is 30.3 Å². The number of aliphatic hydroxyl groups excluding tert-OH is 1. The molecule has 0 radical (unpaired) electrons. The summed E-state index contributed by atoms with van der Waals surface area (Å²) in [6.45, 7) is 1.37. The quantitative estimate of drug-likeness (QED) is 0.382. The van der Waals surface area contributed by atoms with Crippen LogP contribution in [0.2, 0.25) is 0 Å². The summed E-state index contributed by atoms with van der Waals surface area (Å²) < 4.78 is 36.1. The van der Waals surface area contributed by atoms with Crippen molar-refractivity contribution in [1.29, 1.82) is 0 Å². The van der Waals surface area contributed by atoms with Crippen LogP contribution in [-0.2, 0) is 34.5 Å². The van der Waals surface area contributed by atoms with Crippen LogP contribution in [-0.4, -0.2) is 51.6 Å². The second kappa shape index (κ2) is 8.01. The van der Waals surface area contributed by atoms with Gasteiger partial charge in [-0.05, 0) is 12.5 Å². The second-order valence-electron chi connectivity index (χ2n) is 8.26. The third-order valence-electron chi connectivity index (χ3n) is 6.12. The number of ether oxygens (including phenoxy) is 2. The molecule has 0 amide bonds. The van der Waals surface area contributed by atoms with E-state index in [4.69, 9.17) is 18.5 Å². The molecule has 3 fully saturated rings. The van der Waals surface area contributed by atoms with Gasteiger partial charge in [0.25, 0.3) is 5.56 Å². The smallest absolute Gasteiger partial charge is 0.406 e. The molecule has 3 N–H and O–H groups in total. The number of hydrogen-bond donors (Lipinski definition) is 3. The number of H-pyrrole nitrogens is 1. The Morgan fingerprint density at radius 1 is 1.33 bits per heavy atom. The van der Waals surface area contributed by atoms with Crippen LogP contribution < -0.4 is 16.3 Å². The third-order valence-corrected chi connectivity index (χ3v) is 7.80. The average molecular weight is 479 g/mol. The average Bonchev–Trinajstić information content (AvgIpc) is 3.31. The third kappa shape index (κ3) is 3.78. The fourth-order valence-electron chi connectivity index (χ4n) is 4.25. The highest BCUT2D eigenvalue weighted by atomic mass is 31.2. The lowest BCUT2D eigenvalue weighted by Gasteiger charge is -2.33. The molecule has 1 aromatic heterocycles. The number of carbonyl (C=O) groups is 1. The molecule has 3 aliphatic rings. The molecule has 1 aromatic carbocycles. The molecular formula is C20H22N3O9P. The first-order chi connectivity index (χ1) is 15.7. The summed E-state index contributed by atoms with van der Waals surface area (Å²) in [7, 11) is -3.89. The number of benzene rings is 1. The van der Waals surface area contributed by atoms with Crippen LogP contribution in [0, 0.1) is 5.41 Å². The summed E-state index contributed by atoms with van der Waals surface area (Å²) in [5.41, 5.74) is -1.50. The minimum Gasteiger partial charge on any atom is -0.460 e. The number of nitrogens with zero attached hydrogens (tertiary/aromatic N) is 1. The van der Waals surface area contributed by atoms with E-state index in [1.807, 2.05) is 30.3 Å². The number of rotatable bonds is 6. The predicted octanol–water partition coefficient (Wildman–Crippen LogP) is 0.0399. The van der Waals surface area contributed by atoms with E-state index in [1.165, 1.54) is 13.1 Å². The summed E-state index contributed by atoms with van der Waals surface area (Å²) >= 11 is 0. The minimum atomic E-state index is -3.89. The lowest BCUT2D eigenvalue weighted by molar-refractivity contribution is -0.146. The van der Waals surface area contributed by atoms with Gasteiger partial charge < -0.3 is 14.6 Å². The zero-order valence-electron chi connectivity index (χ0n) is 17.5. The Kier molecular flexibility index (Phi) is 5.39. The molecule has 7 unspecified atom stereocenters. The number of aliphatic hydroxyl groups is 1. The fourth-order valence-corrected chi connectivity index (χ4v) is 6.02. The Morgan fingerprint density at radius 3 is 2.82 bits per heavy atom. The molecule has 12 nitrogen and oxygen atoms in total. The number of hydrogen-bond acceptors (Lipinski definition) is 9. The van der Waals surface area contributed by atoms with E-state index in [9.17, 15) is 24.1 Å². The number of carbonyl (C=O) groups excluding carboxylic acids is 1. The molecule has 176 valence electrons. The van der Waals surface area contributed by atoms with Gasteiger partial charge in [0.1, 0.15) is 31.0 Å². The first kappa shape index (κ1) is 22.2. The van der Waals surface area contributed by atoms with Gasteiger partial charge in [-0.25, -0.2) is 14.4 Å². The topological polar surface area (TPSA) is 158 Å². The monoisotopic (exact) mass is 479 g/mol. The molecule has 1 aliphatic carbocycles. The number of fused-ring (bicyclic) bond motifs is 1. The van der Waals surface area contributed by atoms with Gasteiger partial charge in [-0.15, -0.1) is 0 Å². The van der Waals surface area contributed by atoms with Crippen LogP contribution in [0.1, 0.15) is 18.7 Å². The van der Waals surface area contributed by atoms with Gasteiger partial charge in [0.2, 0.25) is 0 Å². The zero-order valence-corrected chi connectivity index (χ0v) is 18.3. The number of aromatic amines is 1. The van der Waals surface area contributed by atoms with Crippen molar-refractivity contribution >= 4 is 13.7 Å². The summed E-state index contributed by atoms with van der Waals surface area (Å²) in [6.07, 6.45) is -2.46.